The molecular weight excluding hydrogens is 484 g/mol. The van der Waals surface area contributed by atoms with Crippen LogP contribution in [0.2, 0.25) is 0 Å². The topological polar surface area (TPSA) is 110 Å². The number of benzene rings is 3. The van der Waals surface area contributed by atoms with Crippen molar-refractivity contribution in [1.82, 2.24) is 4.98 Å². The number of nitrogens with one attached hydrogen (secondary N) is 2. The fourth-order valence-electron chi connectivity index (χ4n) is 3.83. The summed E-state index contributed by atoms with van der Waals surface area (Å²) in [5.41, 5.74) is -0.328. The first-order valence-corrected chi connectivity index (χ1v) is 11.3. The lowest BCUT2D eigenvalue weighted by Gasteiger charge is -2.16. The lowest BCUT2D eigenvalue weighted by Crippen LogP contribution is -2.35. The standard InChI is InChI=1S/C27H21F2N3O5/c1-36-23-12-15-2-9-24(32-20(15)14-21(23)33)37-22-8-7-18(13-19(22)29)31-26(35)27(10-11-27)25(34)30-17-5-3-16(28)4-6-17/h2-9,12-14,33H,10-11H2,1H3,(H,30,34)(H,31,35). The van der Waals surface area contributed by atoms with Gasteiger partial charge in [-0.25, -0.2) is 13.8 Å². The fraction of sp³-hybridized carbons (Fsp3) is 0.148. The minimum atomic E-state index is -1.27. The number of methoxy groups -OCH3 is 1. The second-order valence-corrected chi connectivity index (χ2v) is 8.61. The van der Waals surface area contributed by atoms with Crippen LogP contribution in [-0.2, 0) is 9.59 Å². The van der Waals surface area contributed by atoms with Gasteiger partial charge in [-0.3, -0.25) is 9.59 Å². The molecule has 188 valence electrons. The van der Waals surface area contributed by atoms with Gasteiger partial charge in [0.05, 0.1) is 12.6 Å². The highest BCUT2D eigenvalue weighted by atomic mass is 19.1. The Morgan fingerprint density at radius 3 is 2.22 bits per heavy atom. The van der Waals surface area contributed by atoms with Crippen LogP contribution in [0.3, 0.4) is 0 Å². The van der Waals surface area contributed by atoms with Gasteiger partial charge in [0, 0.05) is 35.0 Å². The highest BCUT2D eigenvalue weighted by molar-refractivity contribution is 6.16. The van der Waals surface area contributed by atoms with E-state index in [0.29, 0.717) is 35.2 Å². The molecule has 3 aromatic carbocycles. The normalized spacial score (nSPS) is 13.6. The number of ether oxygens (including phenoxy) is 2. The third-order valence-corrected chi connectivity index (χ3v) is 6.09. The molecule has 5 rings (SSSR count). The van der Waals surface area contributed by atoms with Crippen molar-refractivity contribution in [3.8, 4) is 23.1 Å². The first-order valence-electron chi connectivity index (χ1n) is 11.3. The molecule has 0 aliphatic heterocycles. The Morgan fingerprint density at radius 1 is 0.892 bits per heavy atom. The summed E-state index contributed by atoms with van der Waals surface area (Å²) in [6.07, 6.45) is 0.676. The predicted octanol–water partition coefficient (Wildman–Crippen LogP) is 5.38. The molecule has 4 aromatic rings. The second kappa shape index (κ2) is 9.38. The van der Waals surface area contributed by atoms with Crippen molar-refractivity contribution in [2.45, 2.75) is 12.8 Å². The number of aromatic nitrogens is 1. The first-order chi connectivity index (χ1) is 17.8. The van der Waals surface area contributed by atoms with E-state index in [2.05, 4.69) is 15.6 Å². The molecule has 0 spiro atoms. The summed E-state index contributed by atoms with van der Waals surface area (Å²) < 4.78 is 38.5. The zero-order chi connectivity index (χ0) is 26.2. The van der Waals surface area contributed by atoms with E-state index in [9.17, 15) is 23.5 Å². The monoisotopic (exact) mass is 505 g/mol. The van der Waals surface area contributed by atoms with E-state index in [0.717, 1.165) is 6.07 Å². The Labute approximate surface area is 209 Å². The highest BCUT2D eigenvalue weighted by Crippen LogP contribution is 2.47. The molecule has 1 aromatic heterocycles. The predicted molar refractivity (Wildman–Crippen MR) is 132 cm³/mol. The minimum absolute atomic E-state index is 0.0919. The maximum atomic E-state index is 14.8. The summed E-state index contributed by atoms with van der Waals surface area (Å²) in [5, 5.41) is 15.9. The Hall–Kier alpha value is -4.73. The van der Waals surface area contributed by atoms with Crippen LogP contribution in [0.15, 0.2) is 66.7 Å². The number of fused-ring (bicyclic) bond motifs is 1. The summed E-state index contributed by atoms with van der Waals surface area (Å²) in [6.45, 7) is 0. The number of rotatable bonds is 7. The van der Waals surface area contributed by atoms with E-state index in [1.54, 1.807) is 18.2 Å². The van der Waals surface area contributed by atoms with E-state index >= 15 is 0 Å². The summed E-state index contributed by atoms with van der Waals surface area (Å²) in [6, 6.07) is 15.3. The number of nitrogens with zero attached hydrogens (tertiary/aromatic N) is 1. The molecule has 1 fully saturated rings. The number of amides is 2. The van der Waals surface area contributed by atoms with E-state index in [4.69, 9.17) is 9.47 Å². The highest BCUT2D eigenvalue weighted by Gasteiger charge is 2.56. The van der Waals surface area contributed by atoms with E-state index in [1.165, 1.54) is 49.6 Å². The Balaban J connectivity index is 1.27. The average molecular weight is 505 g/mol. The van der Waals surface area contributed by atoms with Crippen molar-refractivity contribution in [1.29, 1.82) is 0 Å². The molecule has 2 amide bonds. The van der Waals surface area contributed by atoms with Crippen molar-refractivity contribution >= 4 is 34.1 Å². The quantitative estimate of drug-likeness (QED) is 0.291. The fourth-order valence-corrected chi connectivity index (χ4v) is 3.83. The lowest BCUT2D eigenvalue weighted by atomic mass is 10.0. The van der Waals surface area contributed by atoms with Crippen LogP contribution >= 0.6 is 0 Å². The van der Waals surface area contributed by atoms with Gasteiger partial charge in [-0.1, -0.05) is 0 Å². The molecule has 1 heterocycles. The maximum Gasteiger partial charge on any atom is 0.240 e. The van der Waals surface area contributed by atoms with Crippen molar-refractivity contribution in [3.63, 3.8) is 0 Å². The number of anilines is 2. The Bertz CT molecular complexity index is 1520. The summed E-state index contributed by atoms with van der Waals surface area (Å²) >= 11 is 0. The van der Waals surface area contributed by atoms with Crippen LogP contribution in [0.1, 0.15) is 12.8 Å². The molecule has 0 unspecified atom stereocenters. The third kappa shape index (κ3) is 4.86. The molecule has 37 heavy (non-hydrogen) atoms. The minimum Gasteiger partial charge on any atom is -0.504 e. The molecule has 10 heteroatoms. The smallest absolute Gasteiger partial charge is 0.240 e. The van der Waals surface area contributed by atoms with Crippen molar-refractivity contribution in [3.05, 3.63) is 78.4 Å². The molecule has 0 radical (unpaired) electrons. The van der Waals surface area contributed by atoms with Crippen LogP contribution in [0.4, 0.5) is 20.2 Å². The number of phenolic OH excluding ortho intramolecular Hbond substituents is 1. The number of carbonyl (C=O) groups excluding carboxylic acids is 2. The third-order valence-electron chi connectivity index (χ3n) is 6.09. The largest absolute Gasteiger partial charge is 0.504 e. The number of pyridine rings is 1. The molecular formula is C27H21F2N3O5. The molecule has 3 N–H and O–H groups in total. The van der Waals surface area contributed by atoms with E-state index in [-0.39, 0.29) is 23.1 Å². The number of halogens is 2. The molecule has 0 atom stereocenters. The summed E-state index contributed by atoms with van der Waals surface area (Å²) in [7, 11) is 1.44. The van der Waals surface area contributed by atoms with Gasteiger partial charge in [-0.05, 0) is 61.4 Å². The van der Waals surface area contributed by atoms with Gasteiger partial charge < -0.3 is 25.2 Å². The van der Waals surface area contributed by atoms with Crippen molar-refractivity contribution in [2.75, 3.05) is 17.7 Å². The van der Waals surface area contributed by atoms with Gasteiger partial charge in [-0.2, -0.15) is 0 Å². The van der Waals surface area contributed by atoms with Crippen LogP contribution in [-0.4, -0.2) is 29.0 Å². The lowest BCUT2D eigenvalue weighted by molar-refractivity contribution is -0.131. The van der Waals surface area contributed by atoms with Gasteiger partial charge in [-0.15, -0.1) is 0 Å². The summed E-state index contributed by atoms with van der Waals surface area (Å²) in [5.74, 6) is -2.09. The van der Waals surface area contributed by atoms with E-state index < -0.39 is 28.9 Å². The molecule has 8 nitrogen and oxygen atoms in total. The number of carbonyl (C=O) groups is 2. The molecule has 0 bridgehead atoms. The van der Waals surface area contributed by atoms with Crippen LogP contribution in [0.5, 0.6) is 23.1 Å². The number of phenols is 1. The van der Waals surface area contributed by atoms with Crippen molar-refractivity contribution < 1.29 is 33.0 Å². The molecule has 1 aliphatic rings. The van der Waals surface area contributed by atoms with E-state index in [1.807, 2.05) is 0 Å². The van der Waals surface area contributed by atoms with Gasteiger partial charge in [0.2, 0.25) is 17.7 Å². The second-order valence-electron chi connectivity index (χ2n) is 8.61. The number of aromatic hydroxyl groups is 1. The maximum absolute atomic E-state index is 14.8. The van der Waals surface area contributed by atoms with Gasteiger partial charge in [0.25, 0.3) is 0 Å². The average Bonchev–Trinajstić information content (AvgIpc) is 3.69. The van der Waals surface area contributed by atoms with Crippen LogP contribution in [0, 0.1) is 17.0 Å². The molecule has 0 saturated heterocycles. The first kappa shape index (κ1) is 24.0. The molecule has 1 aliphatic carbocycles. The van der Waals surface area contributed by atoms with Gasteiger partial charge >= 0.3 is 0 Å². The Kier molecular flexibility index (Phi) is 6.08. The number of hydrogen-bond acceptors (Lipinski definition) is 6. The number of hydrogen-bond donors (Lipinski definition) is 3. The van der Waals surface area contributed by atoms with Crippen molar-refractivity contribution in [2.24, 2.45) is 5.41 Å². The zero-order valence-corrected chi connectivity index (χ0v) is 19.5. The molecule has 1 saturated carbocycles. The van der Waals surface area contributed by atoms with Gasteiger partial charge in [0.1, 0.15) is 11.2 Å². The van der Waals surface area contributed by atoms with Crippen LogP contribution in [0.25, 0.3) is 10.9 Å². The van der Waals surface area contributed by atoms with Gasteiger partial charge in [0.15, 0.2) is 23.1 Å². The summed E-state index contributed by atoms with van der Waals surface area (Å²) in [4.78, 5) is 29.8. The Morgan fingerprint density at radius 2 is 1.57 bits per heavy atom. The van der Waals surface area contributed by atoms with Crippen LogP contribution < -0.4 is 20.1 Å². The SMILES string of the molecule is COc1cc2ccc(Oc3ccc(NC(=O)C4(C(=O)Nc5ccc(F)cc5)CC4)cc3F)nc2cc1O. The zero-order valence-electron chi connectivity index (χ0n) is 19.5.